The van der Waals surface area contributed by atoms with E-state index in [2.05, 4.69) is 39.2 Å². The topological polar surface area (TPSA) is 116 Å². The number of aliphatic carboxylic acids is 2. The largest absolute Gasteiger partial charge is 0.473 e. The number of halogens is 1. The van der Waals surface area contributed by atoms with Crippen LogP contribution in [0.15, 0.2) is 28.9 Å². The third kappa shape index (κ3) is 4.67. The summed E-state index contributed by atoms with van der Waals surface area (Å²) in [5, 5.41) is 16.1. The van der Waals surface area contributed by atoms with Crippen molar-refractivity contribution in [3.8, 4) is 0 Å². The lowest BCUT2D eigenvalue weighted by atomic mass is 10.1. The van der Waals surface area contributed by atoms with Crippen LogP contribution >= 0.6 is 15.9 Å². The molecular formula is C13H15BrN2O4. The van der Waals surface area contributed by atoms with Gasteiger partial charge in [0.1, 0.15) is 0 Å². The van der Waals surface area contributed by atoms with Crippen LogP contribution in [-0.2, 0) is 16.0 Å². The number of carboxylic acid groups (broad SMARTS) is 2. The van der Waals surface area contributed by atoms with E-state index in [1.807, 2.05) is 6.07 Å². The molecule has 0 fully saturated rings. The minimum Gasteiger partial charge on any atom is -0.473 e. The number of hydrogen-bond donors (Lipinski definition) is 4. The molecule has 1 aromatic heterocycles. The summed E-state index contributed by atoms with van der Waals surface area (Å²) in [5.41, 5.74) is 8.05. The predicted octanol–water partition coefficient (Wildman–Crippen LogP) is 1.98. The second-order valence-corrected chi connectivity index (χ2v) is 4.92. The molecule has 0 aliphatic heterocycles. The highest BCUT2D eigenvalue weighted by molar-refractivity contribution is 9.10. The van der Waals surface area contributed by atoms with Gasteiger partial charge >= 0.3 is 11.9 Å². The maximum Gasteiger partial charge on any atom is 0.414 e. The number of aryl methyl sites for hydroxylation is 1. The SMILES string of the molecule is NCCCc1c[nH]c2ccc(Br)cc12.O=C(O)C(=O)O. The van der Waals surface area contributed by atoms with Gasteiger partial charge in [-0.25, -0.2) is 9.59 Å². The fraction of sp³-hybridized carbons (Fsp3) is 0.231. The fourth-order valence-electron chi connectivity index (χ4n) is 1.65. The smallest absolute Gasteiger partial charge is 0.414 e. The molecule has 6 nitrogen and oxygen atoms in total. The van der Waals surface area contributed by atoms with Crippen molar-refractivity contribution in [3.63, 3.8) is 0 Å². The number of rotatable bonds is 3. The van der Waals surface area contributed by atoms with Crippen molar-refractivity contribution in [3.05, 3.63) is 34.4 Å². The Morgan fingerprint density at radius 2 is 1.90 bits per heavy atom. The lowest BCUT2D eigenvalue weighted by Crippen LogP contribution is -2.09. The zero-order chi connectivity index (χ0) is 15.1. The van der Waals surface area contributed by atoms with Crippen molar-refractivity contribution in [2.45, 2.75) is 12.8 Å². The summed E-state index contributed by atoms with van der Waals surface area (Å²) in [6.45, 7) is 0.751. The Morgan fingerprint density at radius 1 is 1.25 bits per heavy atom. The van der Waals surface area contributed by atoms with Gasteiger partial charge in [-0.05, 0) is 43.1 Å². The van der Waals surface area contributed by atoms with Gasteiger partial charge in [0.15, 0.2) is 0 Å². The van der Waals surface area contributed by atoms with Crippen LogP contribution in [0.3, 0.4) is 0 Å². The molecule has 0 aliphatic rings. The maximum atomic E-state index is 9.10. The molecule has 1 aromatic carbocycles. The molecule has 7 heteroatoms. The van der Waals surface area contributed by atoms with Gasteiger partial charge in [0.2, 0.25) is 0 Å². The maximum absolute atomic E-state index is 9.10. The number of nitrogens with one attached hydrogen (secondary N) is 1. The van der Waals surface area contributed by atoms with Crippen LogP contribution in [0, 0.1) is 0 Å². The van der Waals surface area contributed by atoms with Gasteiger partial charge in [-0.3, -0.25) is 0 Å². The van der Waals surface area contributed by atoms with Crippen molar-refractivity contribution in [1.29, 1.82) is 0 Å². The molecule has 0 bridgehead atoms. The molecule has 0 amide bonds. The van der Waals surface area contributed by atoms with E-state index < -0.39 is 11.9 Å². The van der Waals surface area contributed by atoms with Gasteiger partial charge in [-0.1, -0.05) is 15.9 Å². The zero-order valence-electron chi connectivity index (χ0n) is 10.6. The summed E-state index contributed by atoms with van der Waals surface area (Å²) in [7, 11) is 0. The van der Waals surface area contributed by atoms with Gasteiger partial charge in [0.25, 0.3) is 0 Å². The normalized spacial score (nSPS) is 9.90. The first kappa shape index (κ1) is 16.2. The fourth-order valence-corrected chi connectivity index (χ4v) is 2.01. The number of aromatic amines is 1. The Morgan fingerprint density at radius 3 is 2.45 bits per heavy atom. The Kier molecular flexibility index (Phi) is 6.20. The molecule has 0 saturated carbocycles. The van der Waals surface area contributed by atoms with Crippen LogP contribution in [0.25, 0.3) is 10.9 Å². The predicted molar refractivity (Wildman–Crippen MR) is 78.6 cm³/mol. The van der Waals surface area contributed by atoms with E-state index in [9.17, 15) is 0 Å². The quantitative estimate of drug-likeness (QED) is 0.636. The average molecular weight is 343 g/mol. The number of H-pyrrole nitrogens is 1. The van der Waals surface area contributed by atoms with Crippen molar-refractivity contribution >= 4 is 38.8 Å². The van der Waals surface area contributed by atoms with Crippen molar-refractivity contribution < 1.29 is 19.8 Å². The highest BCUT2D eigenvalue weighted by atomic mass is 79.9. The first-order valence-electron chi connectivity index (χ1n) is 5.87. The average Bonchev–Trinajstić information content (AvgIpc) is 2.79. The number of carbonyl (C=O) groups is 2. The molecule has 0 saturated heterocycles. The highest BCUT2D eigenvalue weighted by Gasteiger charge is 2.04. The van der Waals surface area contributed by atoms with E-state index in [0.717, 1.165) is 23.9 Å². The Hall–Kier alpha value is -1.86. The molecule has 0 radical (unpaired) electrons. The Bertz CT molecular complexity index is 597. The summed E-state index contributed by atoms with van der Waals surface area (Å²) in [6.07, 6.45) is 4.17. The molecule has 20 heavy (non-hydrogen) atoms. The molecule has 0 atom stereocenters. The van der Waals surface area contributed by atoms with Crippen LogP contribution in [0.2, 0.25) is 0 Å². The van der Waals surface area contributed by atoms with Crippen molar-refractivity contribution in [1.82, 2.24) is 4.98 Å². The molecular weight excluding hydrogens is 328 g/mol. The van der Waals surface area contributed by atoms with Gasteiger partial charge < -0.3 is 20.9 Å². The first-order chi connectivity index (χ1) is 9.45. The summed E-state index contributed by atoms with van der Waals surface area (Å²) >= 11 is 3.48. The van der Waals surface area contributed by atoms with E-state index >= 15 is 0 Å². The van der Waals surface area contributed by atoms with Crippen LogP contribution in [0.4, 0.5) is 0 Å². The second kappa shape index (κ2) is 7.66. The first-order valence-corrected chi connectivity index (χ1v) is 6.66. The van der Waals surface area contributed by atoms with Crippen LogP contribution in [-0.4, -0.2) is 33.7 Å². The van der Waals surface area contributed by atoms with Gasteiger partial charge in [0.05, 0.1) is 0 Å². The minimum absolute atomic E-state index is 0.751. The molecule has 5 N–H and O–H groups in total. The molecule has 2 rings (SSSR count). The number of hydrogen-bond acceptors (Lipinski definition) is 3. The third-order valence-electron chi connectivity index (χ3n) is 2.56. The lowest BCUT2D eigenvalue weighted by Gasteiger charge is -1.97. The van der Waals surface area contributed by atoms with E-state index in [-0.39, 0.29) is 0 Å². The van der Waals surface area contributed by atoms with Gasteiger partial charge in [-0.2, -0.15) is 0 Å². The van der Waals surface area contributed by atoms with Gasteiger partial charge in [-0.15, -0.1) is 0 Å². The third-order valence-corrected chi connectivity index (χ3v) is 3.06. The van der Waals surface area contributed by atoms with E-state index in [0.29, 0.717) is 0 Å². The number of nitrogens with two attached hydrogens (primary N) is 1. The van der Waals surface area contributed by atoms with Crippen LogP contribution in [0.1, 0.15) is 12.0 Å². The molecule has 0 aliphatic carbocycles. The summed E-state index contributed by atoms with van der Waals surface area (Å²) in [5.74, 6) is -3.65. The lowest BCUT2D eigenvalue weighted by molar-refractivity contribution is -0.159. The second-order valence-electron chi connectivity index (χ2n) is 4.01. The summed E-state index contributed by atoms with van der Waals surface area (Å²) < 4.78 is 1.12. The summed E-state index contributed by atoms with van der Waals surface area (Å²) in [4.78, 5) is 21.5. The monoisotopic (exact) mass is 342 g/mol. The van der Waals surface area contributed by atoms with Crippen molar-refractivity contribution in [2.24, 2.45) is 5.73 Å². The van der Waals surface area contributed by atoms with E-state index in [4.69, 9.17) is 25.5 Å². The Labute approximate surface area is 123 Å². The molecule has 0 spiro atoms. The number of fused-ring (bicyclic) bond motifs is 1. The number of aromatic nitrogens is 1. The molecule has 2 aromatic rings. The highest BCUT2D eigenvalue weighted by Crippen LogP contribution is 2.23. The molecule has 1 heterocycles. The van der Waals surface area contributed by atoms with E-state index in [1.54, 1.807) is 0 Å². The minimum atomic E-state index is -1.82. The number of benzene rings is 1. The van der Waals surface area contributed by atoms with Gasteiger partial charge in [0, 0.05) is 21.6 Å². The molecule has 108 valence electrons. The molecule has 0 unspecified atom stereocenters. The van der Waals surface area contributed by atoms with Crippen molar-refractivity contribution in [2.75, 3.05) is 6.54 Å². The van der Waals surface area contributed by atoms with Crippen LogP contribution in [0.5, 0.6) is 0 Å². The summed E-state index contributed by atoms with van der Waals surface area (Å²) in [6, 6.07) is 6.29. The van der Waals surface area contributed by atoms with E-state index in [1.165, 1.54) is 16.5 Å². The Balaban J connectivity index is 0.000000286. The van der Waals surface area contributed by atoms with Crippen LogP contribution < -0.4 is 5.73 Å². The standard InChI is InChI=1S/C11H13BrN2.C2H2O4/c12-9-3-4-11-10(6-9)8(7-14-11)2-1-5-13;3-1(4)2(5)6/h3-4,6-7,14H,1-2,5,13H2;(H,3,4)(H,5,6). The number of carboxylic acids is 2. The zero-order valence-corrected chi connectivity index (χ0v) is 12.2.